The van der Waals surface area contributed by atoms with Crippen molar-refractivity contribution >= 4 is 23.2 Å². The van der Waals surface area contributed by atoms with Gasteiger partial charge in [-0.15, -0.1) is 17.9 Å². The molecule has 0 saturated heterocycles. The molecule has 0 aliphatic heterocycles. The second kappa shape index (κ2) is 6.30. The standard InChI is InChI=1S/C12H16N2O3S/c1-4-5-6-9(12(16)17)14-11(15)10-7(2)18-8(3)13-10/h4,9H,1,5-6H2,2-3H3,(H,14,15)(H,16,17). The van der Waals surface area contributed by atoms with Crippen LogP contribution in [0.25, 0.3) is 0 Å². The quantitative estimate of drug-likeness (QED) is 0.772. The highest BCUT2D eigenvalue weighted by Gasteiger charge is 2.22. The summed E-state index contributed by atoms with van der Waals surface area (Å²) in [6, 6.07) is -0.906. The van der Waals surface area contributed by atoms with Gasteiger partial charge in [0.1, 0.15) is 11.7 Å². The smallest absolute Gasteiger partial charge is 0.326 e. The third kappa shape index (κ3) is 3.66. The highest BCUT2D eigenvalue weighted by atomic mass is 32.1. The van der Waals surface area contributed by atoms with Gasteiger partial charge in [-0.05, 0) is 26.7 Å². The van der Waals surface area contributed by atoms with Crippen LogP contribution in [-0.4, -0.2) is 28.0 Å². The molecule has 0 saturated carbocycles. The summed E-state index contributed by atoms with van der Waals surface area (Å²) in [5, 5.41) is 12.3. The molecule has 1 aromatic rings. The molecule has 1 aromatic heterocycles. The molecule has 1 atom stereocenters. The van der Waals surface area contributed by atoms with Crippen LogP contribution in [-0.2, 0) is 4.79 Å². The Morgan fingerprint density at radius 2 is 2.22 bits per heavy atom. The minimum Gasteiger partial charge on any atom is -0.480 e. The third-order valence-electron chi connectivity index (χ3n) is 2.38. The summed E-state index contributed by atoms with van der Waals surface area (Å²) in [7, 11) is 0. The van der Waals surface area contributed by atoms with Crippen molar-refractivity contribution in [3.8, 4) is 0 Å². The SMILES string of the molecule is C=CCCC(NC(=O)c1nc(C)sc1C)C(=O)O. The van der Waals surface area contributed by atoms with Crippen molar-refractivity contribution < 1.29 is 14.7 Å². The summed E-state index contributed by atoms with van der Waals surface area (Å²) in [6.45, 7) is 7.13. The topological polar surface area (TPSA) is 79.3 Å². The van der Waals surface area contributed by atoms with Gasteiger partial charge in [0, 0.05) is 4.88 Å². The lowest BCUT2D eigenvalue weighted by molar-refractivity contribution is -0.139. The summed E-state index contributed by atoms with van der Waals surface area (Å²) in [6.07, 6.45) is 2.49. The molecule has 5 nitrogen and oxygen atoms in total. The van der Waals surface area contributed by atoms with E-state index in [1.807, 2.05) is 0 Å². The molecule has 98 valence electrons. The first-order valence-electron chi connectivity index (χ1n) is 5.54. The van der Waals surface area contributed by atoms with Gasteiger partial charge in [-0.2, -0.15) is 0 Å². The van der Waals surface area contributed by atoms with Crippen LogP contribution >= 0.6 is 11.3 Å². The minimum atomic E-state index is -1.05. The number of allylic oxidation sites excluding steroid dienone is 1. The first kappa shape index (κ1) is 14.4. The molecular formula is C12H16N2O3S. The van der Waals surface area contributed by atoms with Crippen LogP contribution < -0.4 is 5.32 Å². The Hall–Kier alpha value is -1.69. The number of aromatic nitrogens is 1. The molecule has 0 radical (unpaired) electrons. The molecule has 0 spiro atoms. The zero-order valence-electron chi connectivity index (χ0n) is 10.4. The largest absolute Gasteiger partial charge is 0.480 e. The van der Waals surface area contributed by atoms with Gasteiger partial charge in [-0.1, -0.05) is 6.08 Å². The van der Waals surface area contributed by atoms with Gasteiger partial charge in [0.05, 0.1) is 5.01 Å². The number of hydrogen-bond acceptors (Lipinski definition) is 4. The summed E-state index contributed by atoms with van der Waals surface area (Å²) in [5.74, 6) is -1.48. The number of carbonyl (C=O) groups is 2. The fourth-order valence-corrected chi connectivity index (χ4v) is 2.32. The first-order valence-corrected chi connectivity index (χ1v) is 6.36. The molecule has 1 amide bonds. The number of hydrogen-bond donors (Lipinski definition) is 2. The Bertz CT molecular complexity index is 468. The Balaban J connectivity index is 2.75. The van der Waals surface area contributed by atoms with E-state index < -0.39 is 17.9 Å². The Morgan fingerprint density at radius 1 is 1.56 bits per heavy atom. The van der Waals surface area contributed by atoms with Gasteiger partial charge < -0.3 is 10.4 Å². The number of thiazole rings is 1. The van der Waals surface area contributed by atoms with Crippen molar-refractivity contribution in [1.82, 2.24) is 10.3 Å². The Morgan fingerprint density at radius 3 is 2.67 bits per heavy atom. The molecule has 0 fully saturated rings. The third-order valence-corrected chi connectivity index (χ3v) is 3.27. The van der Waals surface area contributed by atoms with Crippen LogP contribution in [0.5, 0.6) is 0 Å². The molecule has 0 bridgehead atoms. The van der Waals surface area contributed by atoms with Crippen molar-refractivity contribution in [3.05, 3.63) is 28.2 Å². The molecule has 1 unspecified atom stereocenters. The number of nitrogens with zero attached hydrogens (tertiary/aromatic N) is 1. The lowest BCUT2D eigenvalue weighted by atomic mass is 10.1. The van der Waals surface area contributed by atoms with E-state index in [4.69, 9.17) is 5.11 Å². The number of rotatable bonds is 6. The summed E-state index contributed by atoms with van der Waals surface area (Å²) < 4.78 is 0. The van der Waals surface area contributed by atoms with E-state index in [-0.39, 0.29) is 0 Å². The van der Waals surface area contributed by atoms with Gasteiger partial charge in [-0.25, -0.2) is 9.78 Å². The van der Waals surface area contributed by atoms with Gasteiger partial charge in [0.15, 0.2) is 0 Å². The summed E-state index contributed by atoms with van der Waals surface area (Å²) in [5.41, 5.74) is 0.308. The number of aryl methyl sites for hydroxylation is 2. The van der Waals surface area contributed by atoms with Gasteiger partial charge in [0.2, 0.25) is 0 Å². The molecular weight excluding hydrogens is 252 g/mol. The minimum absolute atomic E-state index is 0.308. The molecule has 6 heteroatoms. The lowest BCUT2D eigenvalue weighted by Crippen LogP contribution is -2.41. The second-order valence-corrected chi connectivity index (χ2v) is 5.28. The molecule has 2 N–H and O–H groups in total. The van der Waals surface area contributed by atoms with Crippen molar-refractivity contribution in [2.75, 3.05) is 0 Å². The van der Waals surface area contributed by atoms with Gasteiger partial charge >= 0.3 is 5.97 Å². The number of carboxylic acids is 1. The molecule has 1 rings (SSSR count). The summed E-state index contributed by atoms with van der Waals surface area (Å²) in [4.78, 5) is 27.8. The molecule has 18 heavy (non-hydrogen) atoms. The number of carboxylic acid groups (broad SMARTS) is 1. The molecule has 0 aliphatic carbocycles. The van der Waals surface area contributed by atoms with E-state index in [9.17, 15) is 9.59 Å². The van der Waals surface area contributed by atoms with Crippen molar-refractivity contribution in [3.63, 3.8) is 0 Å². The maximum atomic E-state index is 11.9. The van der Waals surface area contributed by atoms with E-state index in [0.29, 0.717) is 18.5 Å². The van der Waals surface area contributed by atoms with E-state index >= 15 is 0 Å². The van der Waals surface area contributed by atoms with Crippen LogP contribution in [0.2, 0.25) is 0 Å². The second-order valence-electron chi connectivity index (χ2n) is 3.87. The molecule has 0 aromatic carbocycles. The zero-order valence-corrected chi connectivity index (χ0v) is 11.2. The van der Waals surface area contributed by atoms with Crippen molar-refractivity contribution in [2.24, 2.45) is 0 Å². The fraction of sp³-hybridized carbons (Fsp3) is 0.417. The summed E-state index contributed by atoms with van der Waals surface area (Å²) >= 11 is 1.42. The van der Waals surface area contributed by atoms with Crippen LogP contribution in [0.3, 0.4) is 0 Å². The number of carbonyl (C=O) groups excluding carboxylic acids is 1. The van der Waals surface area contributed by atoms with Crippen LogP contribution in [0, 0.1) is 13.8 Å². The van der Waals surface area contributed by atoms with Gasteiger partial charge in [-0.3, -0.25) is 4.79 Å². The van der Waals surface area contributed by atoms with E-state index in [0.717, 1.165) is 9.88 Å². The van der Waals surface area contributed by atoms with Crippen molar-refractivity contribution in [2.45, 2.75) is 32.7 Å². The molecule has 0 aliphatic rings. The van der Waals surface area contributed by atoms with E-state index in [2.05, 4.69) is 16.9 Å². The number of aliphatic carboxylic acids is 1. The van der Waals surface area contributed by atoms with Crippen molar-refractivity contribution in [1.29, 1.82) is 0 Å². The molecule has 1 heterocycles. The van der Waals surface area contributed by atoms with E-state index in [1.165, 1.54) is 11.3 Å². The van der Waals surface area contributed by atoms with E-state index in [1.54, 1.807) is 19.9 Å². The maximum Gasteiger partial charge on any atom is 0.326 e. The number of amides is 1. The predicted octanol–water partition coefficient (Wildman–Crippen LogP) is 1.91. The average Bonchev–Trinajstić information content (AvgIpc) is 2.63. The lowest BCUT2D eigenvalue weighted by Gasteiger charge is -2.12. The van der Waals surface area contributed by atoms with Gasteiger partial charge in [0.25, 0.3) is 5.91 Å². The fourth-order valence-electron chi connectivity index (χ4n) is 1.51. The van der Waals surface area contributed by atoms with Crippen LogP contribution in [0.1, 0.15) is 33.2 Å². The maximum absolute atomic E-state index is 11.9. The first-order chi connectivity index (χ1) is 8.45. The normalized spacial score (nSPS) is 11.9. The predicted molar refractivity (Wildman–Crippen MR) is 69.9 cm³/mol. The average molecular weight is 268 g/mol. The Kier molecular flexibility index (Phi) is 5.03. The zero-order chi connectivity index (χ0) is 13.7. The highest BCUT2D eigenvalue weighted by Crippen LogP contribution is 2.16. The number of nitrogens with one attached hydrogen (secondary N) is 1. The van der Waals surface area contributed by atoms with Crippen LogP contribution in [0.4, 0.5) is 0 Å². The van der Waals surface area contributed by atoms with Crippen LogP contribution in [0.15, 0.2) is 12.7 Å². The Labute approximate surface area is 110 Å². The highest BCUT2D eigenvalue weighted by molar-refractivity contribution is 7.11. The monoisotopic (exact) mass is 268 g/mol.